The molecule has 0 spiro atoms. The van der Waals surface area contributed by atoms with Crippen LogP contribution in [0.1, 0.15) is 39.4 Å². The van der Waals surface area contributed by atoms with Crippen molar-refractivity contribution in [2.75, 3.05) is 13.7 Å². The highest BCUT2D eigenvalue weighted by Crippen LogP contribution is 2.50. The molecule has 5 rings (SSSR count). The Kier molecular flexibility index (Phi) is 5.55. The number of rotatable bonds is 5. The third-order valence-corrected chi connectivity index (χ3v) is 5.63. The molecule has 170 valence electrons. The molecule has 8 nitrogen and oxygen atoms in total. The number of pyridine rings is 1. The van der Waals surface area contributed by atoms with Crippen molar-refractivity contribution < 1.29 is 33.3 Å². The molecule has 0 bridgehead atoms. The molecular weight excluding hydrogens is 438 g/mol. The molecule has 2 aliphatic rings. The van der Waals surface area contributed by atoms with Crippen molar-refractivity contribution in [2.24, 2.45) is 0 Å². The van der Waals surface area contributed by atoms with Crippen LogP contribution in [0.15, 0.2) is 66.7 Å². The Labute approximate surface area is 194 Å². The van der Waals surface area contributed by atoms with Crippen LogP contribution in [0.4, 0.5) is 0 Å². The Morgan fingerprint density at radius 3 is 2.76 bits per heavy atom. The molecule has 0 saturated heterocycles. The minimum absolute atomic E-state index is 0.0151. The van der Waals surface area contributed by atoms with Gasteiger partial charge in [0.15, 0.2) is 12.4 Å². The van der Waals surface area contributed by atoms with E-state index < -0.39 is 17.9 Å². The van der Waals surface area contributed by atoms with Crippen LogP contribution >= 0.6 is 0 Å². The SMILES string of the molecule is COC(=O)COc1ccccc1C1CC(=O)Oc2ccc3c(c21)O/C(=C\c1cccnc1)C3=O. The molecule has 0 aliphatic carbocycles. The lowest BCUT2D eigenvalue weighted by molar-refractivity contribution is -0.143. The molecule has 1 aromatic heterocycles. The van der Waals surface area contributed by atoms with Crippen molar-refractivity contribution in [1.82, 2.24) is 4.98 Å². The highest BCUT2D eigenvalue weighted by Gasteiger charge is 2.39. The van der Waals surface area contributed by atoms with Crippen LogP contribution < -0.4 is 14.2 Å². The summed E-state index contributed by atoms with van der Waals surface area (Å²) in [6, 6.07) is 13.9. The zero-order chi connectivity index (χ0) is 23.7. The van der Waals surface area contributed by atoms with Crippen molar-refractivity contribution in [2.45, 2.75) is 12.3 Å². The van der Waals surface area contributed by atoms with Crippen molar-refractivity contribution in [1.29, 1.82) is 0 Å². The quantitative estimate of drug-likeness (QED) is 0.325. The van der Waals surface area contributed by atoms with Gasteiger partial charge in [-0.1, -0.05) is 24.3 Å². The van der Waals surface area contributed by atoms with Gasteiger partial charge in [0.2, 0.25) is 5.78 Å². The van der Waals surface area contributed by atoms with Crippen LogP contribution in [0.5, 0.6) is 17.2 Å². The van der Waals surface area contributed by atoms with E-state index >= 15 is 0 Å². The minimum Gasteiger partial charge on any atom is -0.482 e. The van der Waals surface area contributed by atoms with Gasteiger partial charge in [0, 0.05) is 29.4 Å². The number of benzene rings is 2. The summed E-state index contributed by atoms with van der Waals surface area (Å²) >= 11 is 0. The summed E-state index contributed by atoms with van der Waals surface area (Å²) in [4.78, 5) is 41.2. The second-order valence-corrected chi connectivity index (χ2v) is 7.71. The third-order valence-electron chi connectivity index (χ3n) is 5.63. The molecule has 0 saturated carbocycles. The van der Waals surface area contributed by atoms with Gasteiger partial charge in [-0.15, -0.1) is 0 Å². The molecule has 1 atom stereocenters. The molecule has 1 unspecified atom stereocenters. The molecule has 0 radical (unpaired) electrons. The van der Waals surface area contributed by atoms with Crippen LogP contribution in [-0.4, -0.2) is 36.4 Å². The van der Waals surface area contributed by atoms with E-state index in [1.54, 1.807) is 48.8 Å². The van der Waals surface area contributed by atoms with Crippen LogP contribution in [-0.2, 0) is 14.3 Å². The number of ether oxygens (including phenoxy) is 4. The van der Waals surface area contributed by atoms with Gasteiger partial charge in [-0.05, 0) is 35.9 Å². The molecule has 2 aromatic carbocycles. The summed E-state index contributed by atoms with van der Waals surface area (Å²) in [5.41, 5.74) is 2.34. The van der Waals surface area contributed by atoms with E-state index in [-0.39, 0.29) is 24.6 Å². The van der Waals surface area contributed by atoms with E-state index in [0.717, 1.165) is 5.56 Å². The standard InChI is InChI=1S/C26H19NO7/c1-31-23(29)14-32-19-7-3-2-6-16(19)18-12-22(28)33-20-9-8-17-25(30)21(34-26(17)24(18)20)11-15-5-4-10-27-13-15/h2-11,13,18H,12,14H2,1H3/b21-11-. The topological polar surface area (TPSA) is 101 Å². The third kappa shape index (κ3) is 3.90. The van der Waals surface area contributed by atoms with E-state index in [1.807, 2.05) is 18.2 Å². The normalized spacial score (nSPS) is 17.4. The van der Waals surface area contributed by atoms with Gasteiger partial charge < -0.3 is 18.9 Å². The van der Waals surface area contributed by atoms with E-state index in [4.69, 9.17) is 14.2 Å². The number of esters is 2. The zero-order valence-corrected chi connectivity index (χ0v) is 18.1. The predicted molar refractivity (Wildman–Crippen MR) is 120 cm³/mol. The Morgan fingerprint density at radius 1 is 1.12 bits per heavy atom. The number of methoxy groups -OCH3 is 1. The lowest BCUT2D eigenvalue weighted by atomic mass is 9.84. The first-order valence-electron chi connectivity index (χ1n) is 10.6. The molecule has 3 aromatic rings. The Balaban J connectivity index is 1.58. The number of ketones is 1. The number of Topliss-reactive ketones (excluding diaryl/α,β-unsaturated/α-hetero) is 1. The lowest BCUT2D eigenvalue weighted by Gasteiger charge is -2.27. The fourth-order valence-electron chi connectivity index (χ4n) is 4.08. The van der Waals surface area contributed by atoms with Gasteiger partial charge in [0.1, 0.15) is 17.2 Å². The first-order chi connectivity index (χ1) is 16.5. The molecule has 3 heterocycles. The van der Waals surface area contributed by atoms with Crippen molar-refractivity contribution >= 4 is 23.8 Å². The Bertz CT molecular complexity index is 1330. The molecule has 34 heavy (non-hydrogen) atoms. The van der Waals surface area contributed by atoms with Crippen LogP contribution in [0.2, 0.25) is 0 Å². The maximum absolute atomic E-state index is 13.1. The Hall–Kier alpha value is -4.46. The van der Waals surface area contributed by atoms with Gasteiger partial charge in [-0.25, -0.2) is 4.79 Å². The fraction of sp³-hybridized carbons (Fsp3) is 0.154. The maximum Gasteiger partial charge on any atom is 0.343 e. The number of carbonyl (C=O) groups excluding carboxylic acids is 3. The average Bonchev–Trinajstić information content (AvgIpc) is 3.17. The summed E-state index contributed by atoms with van der Waals surface area (Å²) in [6.45, 7) is -0.280. The molecule has 0 amide bonds. The molecule has 2 aliphatic heterocycles. The van der Waals surface area contributed by atoms with Crippen LogP contribution in [0.3, 0.4) is 0 Å². The number of hydrogen-bond acceptors (Lipinski definition) is 8. The van der Waals surface area contributed by atoms with Crippen molar-refractivity contribution in [3.05, 3.63) is 88.9 Å². The smallest absolute Gasteiger partial charge is 0.343 e. The highest BCUT2D eigenvalue weighted by atomic mass is 16.6. The fourth-order valence-corrected chi connectivity index (χ4v) is 4.08. The first-order valence-corrected chi connectivity index (χ1v) is 10.6. The number of hydrogen-bond donors (Lipinski definition) is 0. The number of nitrogens with zero attached hydrogens (tertiary/aromatic N) is 1. The summed E-state index contributed by atoms with van der Waals surface area (Å²) in [7, 11) is 1.28. The highest BCUT2D eigenvalue weighted by molar-refractivity contribution is 6.15. The van der Waals surface area contributed by atoms with E-state index in [2.05, 4.69) is 9.72 Å². The summed E-state index contributed by atoms with van der Waals surface area (Å²) in [6.07, 6.45) is 4.91. The first kappa shape index (κ1) is 21.4. The van der Waals surface area contributed by atoms with Crippen LogP contribution in [0.25, 0.3) is 6.08 Å². The zero-order valence-electron chi connectivity index (χ0n) is 18.1. The van der Waals surface area contributed by atoms with Crippen molar-refractivity contribution in [3.63, 3.8) is 0 Å². The molecule has 0 fully saturated rings. The van der Waals surface area contributed by atoms with Gasteiger partial charge in [-0.2, -0.15) is 0 Å². The summed E-state index contributed by atoms with van der Waals surface area (Å²) in [5, 5.41) is 0. The monoisotopic (exact) mass is 457 g/mol. The number of carbonyl (C=O) groups is 3. The van der Waals surface area contributed by atoms with E-state index in [0.29, 0.717) is 33.9 Å². The largest absolute Gasteiger partial charge is 0.482 e. The molecule has 8 heteroatoms. The van der Waals surface area contributed by atoms with Crippen molar-refractivity contribution in [3.8, 4) is 17.2 Å². The van der Waals surface area contributed by atoms with E-state index in [9.17, 15) is 14.4 Å². The minimum atomic E-state index is -0.529. The van der Waals surface area contributed by atoms with Gasteiger partial charge in [-0.3, -0.25) is 14.6 Å². The predicted octanol–water partition coefficient (Wildman–Crippen LogP) is 3.69. The second kappa shape index (κ2) is 8.82. The molecule has 0 N–H and O–H groups in total. The maximum atomic E-state index is 13.1. The number of aromatic nitrogens is 1. The van der Waals surface area contributed by atoms with Gasteiger partial charge in [0.25, 0.3) is 0 Å². The number of allylic oxidation sites excluding steroid dienone is 1. The van der Waals surface area contributed by atoms with Gasteiger partial charge >= 0.3 is 11.9 Å². The Morgan fingerprint density at radius 2 is 1.97 bits per heavy atom. The molecular formula is C26H19NO7. The van der Waals surface area contributed by atoms with E-state index in [1.165, 1.54) is 7.11 Å². The average molecular weight is 457 g/mol. The summed E-state index contributed by atoms with van der Waals surface area (Å²) in [5.74, 6) is -0.489. The number of fused-ring (bicyclic) bond motifs is 3. The lowest BCUT2D eigenvalue weighted by Crippen LogP contribution is -2.22. The van der Waals surface area contributed by atoms with Gasteiger partial charge in [0.05, 0.1) is 19.1 Å². The second-order valence-electron chi connectivity index (χ2n) is 7.71. The van der Waals surface area contributed by atoms with Crippen LogP contribution in [0, 0.1) is 0 Å². The number of para-hydroxylation sites is 1. The summed E-state index contributed by atoms with van der Waals surface area (Å²) < 4.78 is 21.9.